The predicted octanol–water partition coefficient (Wildman–Crippen LogP) is 6.04. The van der Waals surface area contributed by atoms with Gasteiger partial charge in [0.25, 0.3) is 11.1 Å². The SMILES string of the molecule is O=C(Oc1ccc(Br)cc1/C=C1\SC(=O)N(Cc2ccc(F)cc2)C1=O)c1ccccc1. The van der Waals surface area contributed by atoms with Gasteiger partial charge in [0.05, 0.1) is 17.0 Å². The molecular formula is C24H15BrFNO4S. The summed E-state index contributed by atoms with van der Waals surface area (Å²) >= 11 is 4.17. The molecule has 0 saturated carbocycles. The van der Waals surface area contributed by atoms with Crippen LogP contribution in [0, 0.1) is 5.82 Å². The van der Waals surface area contributed by atoms with Crippen molar-refractivity contribution in [3.8, 4) is 5.75 Å². The molecule has 0 atom stereocenters. The molecule has 0 aliphatic carbocycles. The number of nitrogens with zero attached hydrogens (tertiary/aromatic N) is 1. The van der Waals surface area contributed by atoms with Crippen LogP contribution in [0.15, 0.2) is 82.2 Å². The fourth-order valence-electron chi connectivity index (χ4n) is 3.01. The highest BCUT2D eigenvalue weighted by Crippen LogP contribution is 2.35. The highest BCUT2D eigenvalue weighted by molar-refractivity contribution is 9.10. The van der Waals surface area contributed by atoms with Crippen molar-refractivity contribution in [3.63, 3.8) is 0 Å². The van der Waals surface area contributed by atoms with E-state index in [1.54, 1.807) is 48.5 Å². The Hall–Kier alpha value is -3.23. The summed E-state index contributed by atoms with van der Waals surface area (Å²) in [4.78, 5) is 39.0. The van der Waals surface area contributed by atoms with Gasteiger partial charge in [-0.25, -0.2) is 9.18 Å². The molecule has 0 unspecified atom stereocenters. The molecule has 1 aliphatic heterocycles. The third-order valence-corrected chi connectivity index (χ3v) is 6.00. The number of imide groups is 1. The molecule has 0 bridgehead atoms. The summed E-state index contributed by atoms with van der Waals surface area (Å²) in [6, 6.07) is 19.2. The lowest BCUT2D eigenvalue weighted by Crippen LogP contribution is -2.27. The molecule has 1 saturated heterocycles. The molecule has 3 aromatic carbocycles. The summed E-state index contributed by atoms with van der Waals surface area (Å²) in [5, 5.41) is -0.427. The van der Waals surface area contributed by atoms with Gasteiger partial charge in [0.2, 0.25) is 0 Å². The van der Waals surface area contributed by atoms with E-state index in [0.29, 0.717) is 21.2 Å². The highest BCUT2D eigenvalue weighted by Gasteiger charge is 2.35. The minimum absolute atomic E-state index is 0.0383. The van der Waals surface area contributed by atoms with E-state index in [1.165, 1.54) is 30.3 Å². The number of hydrogen-bond donors (Lipinski definition) is 0. The number of ether oxygens (including phenoxy) is 1. The molecule has 3 aromatic rings. The van der Waals surface area contributed by atoms with Crippen LogP contribution in [0.5, 0.6) is 5.75 Å². The van der Waals surface area contributed by atoms with E-state index >= 15 is 0 Å². The molecule has 1 fully saturated rings. The van der Waals surface area contributed by atoms with Crippen LogP contribution < -0.4 is 4.74 Å². The molecule has 32 heavy (non-hydrogen) atoms. The Morgan fingerprint density at radius 3 is 2.47 bits per heavy atom. The average molecular weight is 512 g/mol. The van der Waals surface area contributed by atoms with Crippen molar-refractivity contribution >= 4 is 50.9 Å². The Labute approximate surface area is 196 Å². The van der Waals surface area contributed by atoms with Gasteiger partial charge in [0.15, 0.2) is 0 Å². The summed E-state index contributed by atoms with van der Waals surface area (Å²) in [6.07, 6.45) is 1.52. The molecule has 0 spiro atoms. The minimum atomic E-state index is -0.535. The normalized spacial score (nSPS) is 14.8. The number of esters is 1. The second-order valence-electron chi connectivity index (χ2n) is 6.83. The Bertz CT molecular complexity index is 1230. The van der Waals surface area contributed by atoms with Gasteiger partial charge in [-0.2, -0.15) is 0 Å². The van der Waals surface area contributed by atoms with Gasteiger partial charge in [-0.05, 0) is 65.9 Å². The second-order valence-corrected chi connectivity index (χ2v) is 8.74. The molecule has 0 N–H and O–H groups in total. The minimum Gasteiger partial charge on any atom is -0.422 e. The number of thioether (sulfide) groups is 1. The van der Waals surface area contributed by atoms with E-state index in [-0.39, 0.29) is 17.2 Å². The van der Waals surface area contributed by atoms with Gasteiger partial charge in [-0.3, -0.25) is 14.5 Å². The number of benzene rings is 3. The molecule has 1 aliphatic rings. The first-order valence-corrected chi connectivity index (χ1v) is 11.1. The van der Waals surface area contributed by atoms with Crippen molar-refractivity contribution in [1.82, 2.24) is 4.90 Å². The Kier molecular flexibility index (Phi) is 6.53. The molecule has 0 aromatic heterocycles. The van der Waals surface area contributed by atoms with Gasteiger partial charge in [0.1, 0.15) is 11.6 Å². The van der Waals surface area contributed by atoms with Crippen molar-refractivity contribution in [1.29, 1.82) is 0 Å². The Morgan fingerprint density at radius 2 is 1.75 bits per heavy atom. The van der Waals surface area contributed by atoms with Crippen molar-refractivity contribution in [2.24, 2.45) is 0 Å². The third-order valence-electron chi connectivity index (χ3n) is 4.60. The number of carbonyl (C=O) groups is 3. The van der Waals surface area contributed by atoms with E-state index in [2.05, 4.69) is 15.9 Å². The average Bonchev–Trinajstić information content (AvgIpc) is 3.05. The second kappa shape index (κ2) is 9.50. The molecule has 2 amide bonds. The fraction of sp³-hybridized carbons (Fsp3) is 0.0417. The summed E-state index contributed by atoms with van der Waals surface area (Å²) in [7, 11) is 0. The quantitative estimate of drug-likeness (QED) is 0.237. The number of rotatable bonds is 5. The zero-order valence-electron chi connectivity index (χ0n) is 16.5. The lowest BCUT2D eigenvalue weighted by Gasteiger charge is -2.12. The van der Waals surface area contributed by atoms with E-state index in [9.17, 15) is 18.8 Å². The molecule has 4 rings (SSSR count). The number of amides is 2. The van der Waals surface area contributed by atoms with Crippen molar-refractivity contribution in [3.05, 3.63) is 105 Å². The number of hydrogen-bond acceptors (Lipinski definition) is 5. The summed E-state index contributed by atoms with van der Waals surface area (Å²) in [5.74, 6) is -1.14. The van der Waals surface area contributed by atoms with E-state index < -0.39 is 22.9 Å². The topological polar surface area (TPSA) is 63.7 Å². The van der Waals surface area contributed by atoms with Gasteiger partial charge in [-0.1, -0.05) is 46.3 Å². The maximum Gasteiger partial charge on any atom is 0.343 e. The Morgan fingerprint density at radius 1 is 1.03 bits per heavy atom. The summed E-state index contributed by atoms with van der Waals surface area (Å²) < 4.78 is 19.4. The maximum atomic E-state index is 13.1. The molecule has 1 heterocycles. The highest BCUT2D eigenvalue weighted by atomic mass is 79.9. The fourth-order valence-corrected chi connectivity index (χ4v) is 4.22. The lowest BCUT2D eigenvalue weighted by atomic mass is 10.1. The third kappa shape index (κ3) is 4.98. The Balaban J connectivity index is 1.58. The smallest absolute Gasteiger partial charge is 0.343 e. The summed E-state index contributed by atoms with van der Waals surface area (Å²) in [6.45, 7) is 0.0383. The van der Waals surface area contributed by atoms with Crippen LogP contribution in [0.2, 0.25) is 0 Å². The van der Waals surface area contributed by atoms with Crippen LogP contribution >= 0.6 is 27.7 Å². The van der Waals surface area contributed by atoms with Crippen LogP contribution in [0.3, 0.4) is 0 Å². The van der Waals surface area contributed by atoms with Gasteiger partial charge in [0, 0.05) is 10.0 Å². The molecule has 5 nitrogen and oxygen atoms in total. The van der Waals surface area contributed by atoms with Crippen molar-refractivity contribution in [2.45, 2.75) is 6.54 Å². The first-order chi connectivity index (χ1) is 15.4. The number of carbonyl (C=O) groups excluding carboxylic acids is 3. The van der Waals surface area contributed by atoms with Crippen LogP contribution in [0.4, 0.5) is 9.18 Å². The van der Waals surface area contributed by atoms with Crippen molar-refractivity contribution in [2.75, 3.05) is 0 Å². The van der Waals surface area contributed by atoms with Crippen molar-refractivity contribution < 1.29 is 23.5 Å². The molecule has 160 valence electrons. The monoisotopic (exact) mass is 511 g/mol. The van der Waals surface area contributed by atoms with Gasteiger partial charge in [-0.15, -0.1) is 0 Å². The van der Waals surface area contributed by atoms with Crippen LogP contribution in [-0.4, -0.2) is 22.0 Å². The molecular weight excluding hydrogens is 497 g/mol. The largest absolute Gasteiger partial charge is 0.422 e. The zero-order chi connectivity index (χ0) is 22.7. The molecule has 8 heteroatoms. The standard InChI is InChI=1S/C24H15BrFNO4S/c25-18-8-11-20(31-23(29)16-4-2-1-3-5-16)17(12-18)13-21-22(28)27(24(30)32-21)14-15-6-9-19(26)10-7-15/h1-13H,14H2/b21-13-. The van der Waals surface area contributed by atoms with Gasteiger partial charge < -0.3 is 4.74 Å². The predicted molar refractivity (Wildman–Crippen MR) is 123 cm³/mol. The molecule has 0 radical (unpaired) electrons. The van der Waals surface area contributed by atoms with E-state index in [4.69, 9.17) is 4.74 Å². The number of halogens is 2. The van der Waals surface area contributed by atoms with Gasteiger partial charge >= 0.3 is 5.97 Å². The van der Waals surface area contributed by atoms with E-state index in [1.807, 2.05) is 0 Å². The lowest BCUT2D eigenvalue weighted by molar-refractivity contribution is -0.123. The van der Waals surface area contributed by atoms with Crippen LogP contribution in [0.25, 0.3) is 6.08 Å². The van der Waals surface area contributed by atoms with Crippen LogP contribution in [0.1, 0.15) is 21.5 Å². The summed E-state index contributed by atoms with van der Waals surface area (Å²) in [5.41, 5.74) is 1.49. The zero-order valence-corrected chi connectivity index (χ0v) is 18.9. The maximum absolute atomic E-state index is 13.1. The van der Waals surface area contributed by atoms with Crippen LogP contribution in [-0.2, 0) is 11.3 Å². The van der Waals surface area contributed by atoms with E-state index in [0.717, 1.165) is 16.7 Å². The first-order valence-electron chi connectivity index (χ1n) is 9.47. The first kappa shape index (κ1) is 22.0.